The second-order valence-electron chi connectivity index (χ2n) is 4.07. The Kier molecular flexibility index (Phi) is 4.45. The van der Waals surface area contributed by atoms with Crippen LogP contribution in [0.15, 0.2) is 0 Å². The molecule has 7 nitrogen and oxygen atoms in total. The fourth-order valence-electron chi connectivity index (χ4n) is 1.90. The van der Waals surface area contributed by atoms with E-state index >= 15 is 0 Å². The quantitative estimate of drug-likeness (QED) is 0.585. The minimum Gasteiger partial charge on any atom is -0.481 e. The predicted octanol–water partition coefficient (Wildman–Crippen LogP) is -0.746. The molecule has 1 heterocycles. The Balaban J connectivity index is 2.56. The van der Waals surface area contributed by atoms with Gasteiger partial charge in [-0.1, -0.05) is 0 Å². The summed E-state index contributed by atoms with van der Waals surface area (Å²) in [7, 11) is 0. The van der Waals surface area contributed by atoms with E-state index < -0.39 is 29.9 Å². The second kappa shape index (κ2) is 5.62. The van der Waals surface area contributed by atoms with E-state index in [1.54, 1.807) is 0 Å². The van der Waals surface area contributed by atoms with Crippen LogP contribution in [-0.4, -0.2) is 51.6 Å². The average Bonchev–Trinajstić information content (AvgIpc) is 2.73. The number of carboxylic acids is 2. The number of hydrogen-bond acceptors (Lipinski definition) is 4. The van der Waals surface area contributed by atoms with Crippen molar-refractivity contribution in [2.75, 3.05) is 6.54 Å². The van der Waals surface area contributed by atoms with E-state index in [1.807, 2.05) is 0 Å². The van der Waals surface area contributed by atoms with Crippen molar-refractivity contribution in [2.24, 2.45) is 5.73 Å². The molecule has 4 N–H and O–H groups in total. The summed E-state index contributed by atoms with van der Waals surface area (Å²) in [5.74, 6) is -2.54. The Bertz CT molecular complexity index is 331. The molecule has 2 unspecified atom stereocenters. The zero-order valence-electron chi connectivity index (χ0n) is 9.33. The molecule has 1 amide bonds. The second-order valence-corrected chi connectivity index (χ2v) is 4.07. The van der Waals surface area contributed by atoms with Crippen LogP contribution in [-0.2, 0) is 14.4 Å². The summed E-state index contributed by atoms with van der Waals surface area (Å²) in [5, 5.41) is 17.4. The highest BCUT2D eigenvalue weighted by molar-refractivity contribution is 5.87. The largest absolute Gasteiger partial charge is 0.481 e. The van der Waals surface area contributed by atoms with Gasteiger partial charge in [0.15, 0.2) is 0 Å². The molecule has 1 aliphatic heterocycles. The van der Waals surface area contributed by atoms with Gasteiger partial charge >= 0.3 is 11.9 Å². The van der Waals surface area contributed by atoms with Crippen LogP contribution >= 0.6 is 0 Å². The molecule has 0 spiro atoms. The van der Waals surface area contributed by atoms with Crippen molar-refractivity contribution in [2.45, 2.75) is 37.8 Å². The molecule has 1 aliphatic rings. The molecule has 0 bridgehead atoms. The van der Waals surface area contributed by atoms with Crippen molar-refractivity contribution in [3.05, 3.63) is 0 Å². The molecule has 1 fully saturated rings. The Hall–Kier alpha value is -1.63. The lowest BCUT2D eigenvalue weighted by molar-refractivity contribution is -0.149. The number of aliphatic carboxylic acids is 2. The number of hydrogen-bond donors (Lipinski definition) is 3. The lowest BCUT2D eigenvalue weighted by atomic mass is 10.1. The number of nitrogens with zero attached hydrogens (tertiary/aromatic N) is 1. The summed E-state index contributed by atoms with van der Waals surface area (Å²) in [6, 6.07) is -1.76. The number of amides is 1. The summed E-state index contributed by atoms with van der Waals surface area (Å²) in [4.78, 5) is 34.3. The van der Waals surface area contributed by atoms with Gasteiger partial charge in [-0.3, -0.25) is 9.59 Å². The summed E-state index contributed by atoms with van der Waals surface area (Å²) in [5.41, 5.74) is 5.56. The highest BCUT2D eigenvalue weighted by atomic mass is 16.4. The minimum absolute atomic E-state index is 0.0248. The van der Waals surface area contributed by atoms with Gasteiger partial charge in [0.05, 0.1) is 6.04 Å². The third-order valence-electron chi connectivity index (χ3n) is 2.81. The first-order valence-corrected chi connectivity index (χ1v) is 5.44. The van der Waals surface area contributed by atoms with Crippen molar-refractivity contribution in [3.63, 3.8) is 0 Å². The molecule has 0 aliphatic carbocycles. The summed E-state index contributed by atoms with van der Waals surface area (Å²) < 4.78 is 0. The monoisotopic (exact) mass is 244 g/mol. The molecule has 0 aromatic rings. The van der Waals surface area contributed by atoms with Crippen LogP contribution in [0, 0.1) is 0 Å². The van der Waals surface area contributed by atoms with Crippen molar-refractivity contribution >= 4 is 17.8 Å². The zero-order chi connectivity index (χ0) is 13.0. The molecule has 1 rings (SSSR count). The smallest absolute Gasteiger partial charge is 0.326 e. The molecule has 0 radical (unpaired) electrons. The third kappa shape index (κ3) is 3.42. The third-order valence-corrected chi connectivity index (χ3v) is 2.81. The Morgan fingerprint density at radius 2 is 2.00 bits per heavy atom. The molecule has 2 atom stereocenters. The first-order chi connectivity index (χ1) is 7.93. The molecular formula is C10H16N2O5. The SMILES string of the molecule is NC(CCC(=O)O)C(=O)N1CCCC1C(=O)O. The van der Waals surface area contributed by atoms with Gasteiger partial charge in [-0.25, -0.2) is 4.79 Å². The fourth-order valence-corrected chi connectivity index (χ4v) is 1.90. The molecule has 96 valence electrons. The van der Waals surface area contributed by atoms with Crippen LogP contribution in [0.2, 0.25) is 0 Å². The van der Waals surface area contributed by atoms with Crippen LogP contribution in [0.1, 0.15) is 25.7 Å². The normalized spacial score (nSPS) is 21.2. The summed E-state index contributed by atoms with van der Waals surface area (Å²) in [6.07, 6.45) is 0.885. The van der Waals surface area contributed by atoms with E-state index in [1.165, 1.54) is 4.90 Å². The van der Waals surface area contributed by atoms with Gasteiger partial charge in [0.1, 0.15) is 6.04 Å². The Labute approximate surface area is 98.2 Å². The van der Waals surface area contributed by atoms with E-state index in [9.17, 15) is 14.4 Å². The number of nitrogens with two attached hydrogens (primary N) is 1. The number of rotatable bonds is 5. The number of carbonyl (C=O) groups is 3. The van der Waals surface area contributed by atoms with Crippen molar-refractivity contribution in [3.8, 4) is 0 Å². The van der Waals surface area contributed by atoms with Crippen molar-refractivity contribution in [1.82, 2.24) is 4.90 Å². The predicted molar refractivity (Wildman–Crippen MR) is 57.2 cm³/mol. The van der Waals surface area contributed by atoms with Gasteiger partial charge in [0.25, 0.3) is 0 Å². The molecular weight excluding hydrogens is 228 g/mol. The van der Waals surface area contributed by atoms with E-state index in [4.69, 9.17) is 15.9 Å². The van der Waals surface area contributed by atoms with E-state index in [2.05, 4.69) is 0 Å². The maximum Gasteiger partial charge on any atom is 0.326 e. The van der Waals surface area contributed by atoms with Crippen LogP contribution in [0.5, 0.6) is 0 Å². The van der Waals surface area contributed by atoms with Crippen LogP contribution in [0.4, 0.5) is 0 Å². The van der Waals surface area contributed by atoms with Gasteiger partial charge in [-0.2, -0.15) is 0 Å². The molecule has 0 aromatic heterocycles. The first kappa shape index (κ1) is 13.4. The topological polar surface area (TPSA) is 121 Å². The number of carbonyl (C=O) groups excluding carboxylic acids is 1. The maximum atomic E-state index is 11.8. The fraction of sp³-hybridized carbons (Fsp3) is 0.700. The molecule has 1 saturated heterocycles. The Morgan fingerprint density at radius 3 is 2.53 bits per heavy atom. The summed E-state index contributed by atoms with van der Waals surface area (Å²) in [6.45, 7) is 0.372. The van der Waals surface area contributed by atoms with E-state index in [-0.39, 0.29) is 12.8 Å². The molecule has 0 aromatic carbocycles. The van der Waals surface area contributed by atoms with Crippen LogP contribution in [0.3, 0.4) is 0 Å². The molecule has 0 saturated carbocycles. The van der Waals surface area contributed by atoms with Crippen LogP contribution in [0.25, 0.3) is 0 Å². The van der Waals surface area contributed by atoms with Crippen molar-refractivity contribution in [1.29, 1.82) is 0 Å². The van der Waals surface area contributed by atoms with E-state index in [0.717, 1.165) is 0 Å². The Morgan fingerprint density at radius 1 is 1.35 bits per heavy atom. The van der Waals surface area contributed by atoms with Gasteiger partial charge in [-0.15, -0.1) is 0 Å². The molecule has 17 heavy (non-hydrogen) atoms. The van der Waals surface area contributed by atoms with Crippen LogP contribution < -0.4 is 5.73 Å². The number of likely N-dealkylation sites (tertiary alicyclic amines) is 1. The summed E-state index contributed by atoms with van der Waals surface area (Å²) >= 11 is 0. The average molecular weight is 244 g/mol. The van der Waals surface area contributed by atoms with Gasteiger partial charge in [0.2, 0.25) is 5.91 Å². The maximum absolute atomic E-state index is 11.8. The minimum atomic E-state index is -1.04. The molecule has 7 heteroatoms. The first-order valence-electron chi connectivity index (χ1n) is 5.44. The number of carboxylic acid groups (broad SMARTS) is 2. The zero-order valence-corrected chi connectivity index (χ0v) is 9.33. The van der Waals surface area contributed by atoms with Gasteiger partial charge in [0, 0.05) is 13.0 Å². The standard InChI is InChI=1S/C10H16N2O5/c11-6(3-4-8(13)14)9(15)12-5-1-2-7(12)10(16)17/h6-7H,1-5,11H2,(H,13,14)(H,16,17). The highest BCUT2D eigenvalue weighted by Gasteiger charge is 2.35. The van der Waals surface area contributed by atoms with Crippen molar-refractivity contribution < 1.29 is 24.6 Å². The van der Waals surface area contributed by atoms with Gasteiger partial charge in [-0.05, 0) is 19.3 Å². The lowest BCUT2D eigenvalue weighted by Gasteiger charge is -2.24. The lowest BCUT2D eigenvalue weighted by Crippen LogP contribution is -2.48. The van der Waals surface area contributed by atoms with Gasteiger partial charge < -0.3 is 20.8 Å². The highest BCUT2D eigenvalue weighted by Crippen LogP contribution is 2.18. The van der Waals surface area contributed by atoms with E-state index in [0.29, 0.717) is 19.4 Å².